The number of unbranched alkanes of at least 4 members (excludes halogenated alkanes) is 1. The molecule has 1 aromatic carbocycles. The fourth-order valence-electron chi connectivity index (χ4n) is 3.61. The van der Waals surface area contributed by atoms with Crippen LogP contribution in [0.15, 0.2) is 30.3 Å². The molecule has 8 nitrogen and oxygen atoms in total. The fourth-order valence-corrected chi connectivity index (χ4v) is 3.61. The van der Waals surface area contributed by atoms with Gasteiger partial charge in [-0.2, -0.15) is 0 Å². The number of nitrogens with two attached hydrogens (primary N) is 1. The predicted molar refractivity (Wildman–Crippen MR) is 108 cm³/mol. The van der Waals surface area contributed by atoms with Crippen LogP contribution in [0.25, 0.3) is 0 Å². The first-order valence-electron chi connectivity index (χ1n) is 11.0. The molecule has 1 fully saturated rings. The van der Waals surface area contributed by atoms with E-state index in [-0.39, 0.29) is 18.5 Å². The van der Waals surface area contributed by atoms with Gasteiger partial charge in [-0.05, 0) is 50.6 Å². The van der Waals surface area contributed by atoms with Gasteiger partial charge in [-0.25, -0.2) is 4.79 Å². The highest BCUT2D eigenvalue weighted by Crippen LogP contribution is 2.20. The summed E-state index contributed by atoms with van der Waals surface area (Å²) in [5.74, 6) is -2.56. The molecule has 1 aliphatic heterocycles. The van der Waals surface area contributed by atoms with Crippen LogP contribution in [-0.4, -0.2) is 64.2 Å². The second-order valence-corrected chi connectivity index (χ2v) is 7.28. The van der Waals surface area contributed by atoms with Crippen molar-refractivity contribution in [2.75, 3.05) is 13.1 Å². The smallest absolute Gasteiger partial charge is 0.326 e. The zero-order valence-electron chi connectivity index (χ0n) is 18.5. The molecule has 160 valence electrons. The first kappa shape index (κ1) is 19.8. The number of nitrogens with zero attached hydrogens (tertiary/aromatic N) is 1. The Kier molecular flexibility index (Phi) is 7.89. The third-order valence-corrected chi connectivity index (χ3v) is 5.19. The number of rotatable bonds is 12. The molecule has 0 bridgehead atoms. The molecule has 3 atom stereocenters. The van der Waals surface area contributed by atoms with E-state index in [1.54, 1.807) is 12.1 Å². The maximum Gasteiger partial charge on any atom is 0.326 e. The first-order chi connectivity index (χ1) is 14.7. The Balaban J connectivity index is 2.12. The standard InChI is InChI=1S/C21H31N3O5/c22-13-5-4-9-16(19(25)24-14-6-10-18(24)21(28)29)23-17(20(26)27)12-11-15-7-2-1-3-8-15/h1-3,7-8,16-18,23H,4-6,9-14,22H2,(H,26,27)(H,28,29)/t16-,17-,18-/m0/s1/i1T,7T. The van der Waals surface area contributed by atoms with E-state index in [4.69, 9.17) is 8.48 Å². The minimum absolute atomic E-state index is 0.154. The van der Waals surface area contributed by atoms with Crippen LogP contribution in [0, 0.1) is 0 Å². The number of carbonyl (C=O) groups is 3. The highest BCUT2D eigenvalue weighted by atomic mass is 16.4. The molecule has 5 N–H and O–H groups in total. The van der Waals surface area contributed by atoms with Crippen molar-refractivity contribution in [3.05, 3.63) is 35.8 Å². The molecule has 0 aliphatic carbocycles. The van der Waals surface area contributed by atoms with Crippen molar-refractivity contribution in [3.63, 3.8) is 0 Å². The number of aliphatic carboxylic acids is 2. The van der Waals surface area contributed by atoms with Gasteiger partial charge >= 0.3 is 11.9 Å². The van der Waals surface area contributed by atoms with E-state index in [0.717, 1.165) is 0 Å². The number of carboxylic acids is 2. The molecule has 0 spiro atoms. The van der Waals surface area contributed by atoms with Crippen molar-refractivity contribution in [3.8, 4) is 0 Å². The Morgan fingerprint density at radius 3 is 2.69 bits per heavy atom. The van der Waals surface area contributed by atoms with Crippen molar-refractivity contribution >= 4 is 17.8 Å². The SMILES string of the molecule is [3H]c1ccc(CC[C@H](N[C@@H](CCCCN)C(=O)N2CCC[C@H]2C(=O)O)C(=O)O)c([3H])c1. The van der Waals surface area contributed by atoms with Crippen molar-refractivity contribution in [1.82, 2.24) is 10.2 Å². The maximum absolute atomic E-state index is 13.1. The molecule has 0 radical (unpaired) electrons. The summed E-state index contributed by atoms with van der Waals surface area (Å²) >= 11 is 0. The fraction of sp³-hybridized carbons (Fsp3) is 0.571. The number of likely N-dealkylation sites (tertiary alicyclic amines) is 1. The van der Waals surface area contributed by atoms with Gasteiger partial charge < -0.3 is 20.8 Å². The second kappa shape index (κ2) is 11.5. The van der Waals surface area contributed by atoms with Gasteiger partial charge in [0.15, 0.2) is 0 Å². The number of carboxylic acid groups (broad SMARTS) is 2. The molecule has 1 saturated heterocycles. The van der Waals surface area contributed by atoms with Crippen LogP contribution >= 0.6 is 0 Å². The van der Waals surface area contributed by atoms with Gasteiger partial charge in [-0.1, -0.05) is 36.7 Å². The molecular weight excluding hydrogens is 374 g/mol. The minimum Gasteiger partial charge on any atom is -0.480 e. The molecule has 1 heterocycles. The van der Waals surface area contributed by atoms with E-state index < -0.39 is 36.0 Å². The lowest BCUT2D eigenvalue weighted by molar-refractivity contribution is -0.149. The summed E-state index contributed by atoms with van der Waals surface area (Å²) in [5.41, 5.74) is 6.17. The lowest BCUT2D eigenvalue weighted by atomic mass is 10.0. The van der Waals surface area contributed by atoms with E-state index in [9.17, 15) is 24.6 Å². The molecule has 1 aliphatic rings. The summed E-state index contributed by atoms with van der Waals surface area (Å²) in [6.07, 6.45) is 3.08. The molecule has 0 unspecified atom stereocenters. The molecule has 1 aromatic rings. The van der Waals surface area contributed by atoms with Crippen LogP contribution in [0.3, 0.4) is 0 Å². The average molecular weight is 410 g/mol. The molecule has 2 rings (SSSR count). The molecular formula is C21H31N3O5. The van der Waals surface area contributed by atoms with Crippen LogP contribution in [0.2, 0.25) is 0 Å². The average Bonchev–Trinajstić information content (AvgIpc) is 3.20. The predicted octanol–water partition coefficient (Wildman–Crippen LogP) is 1.24. The molecule has 0 aromatic heterocycles. The van der Waals surface area contributed by atoms with Gasteiger partial charge in [0.25, 0.3) is 0 Å². The van der Waals surface area contributed by atoms with E-state index >= 15 is 0 Å². The summed E-state index contributed by atoms with van der Waals surface area (Å²) in [6.45, 7) is 0.785. The summed E-state index contributed by atoms with van der Waals surface area (Å²) < 4.78 is 15.5. The minimum atomic E-state index is -1.11. The highest BCUT2D eigenvalue weighted by molar-refractivity contribution is 5.88. The van der Waals surface area contributed by atoms with Gasteiger partial charge in [0.1, 0.15) is 12.1 Å². The van der Waals surface area contributed by atoms with Gasteiger partial charge in [-0.3, -0.25) is 14.9 Å². The van der Waals surface area contributed by atoms with E-state index in [0.29, 0.717) is 57.2 Å². The summed E-state index contributed by atoms with van der Waals surface area (Å²) in [6, 6.07) is 2.23. The Labute approximate surface area is 173 Å². The molecule has 0 saturated carbocycles. The topological polar surface area (TPSA) is 133 Å². The molecule has 29 heavy (non-hydrogen) atoms. The monoisotopic (exact) mass is 409 g/mol. The number of hydrogen-bond donors (Lipinski definition) is 4. The Morgan fingerprint density at radius 2 is 2.03 bits per heavy atom. The highest BCUT2D eigenvalue weighted by Gasteiger charge is 2.38. The number of benzene rings is 1. The van der Waals surface area contributed by atoms with E-state index in [1.807, 2.05) is 0 Å². The third-order valence-electron chi connectivity index (χ3n) is 5.19. The third kappa shape index (κ3) is 6.83. The molecule has 1 amide bonds. The number of hydrogen-bond acceptors (Lipinski definition) is 5. The normalized spacial score (nSPS) is 19.3. The summed E-state index contributed by atoms with van der Waals surface area (Å²) in [7, 11) is 0. The van der Waals surface area contributed by atoms with Crippen molar-refractivity contribution < 1.29 is 27.3 Å². The zero-order chi connectivity index (χ0) is 23.0. The van der Waals surface area contributed by atoms with Crippen molar-refractivity contribution in [2.45, 2.75) is 63.1 Å². The number of nitrogens with one attached hydrogen (secondary N) is 1. The number of carbonyl (C=O) groups excluding carboxylic acids is 1. The van der Waals surface area contributed by atoms with Gasteiger partial charge in [0, 0.05) is 6.54 Å². The zero-order valence-corrected chi connectivity index (χ0v) is 16.5. The maximum atomic E-state index is 13.1. The van der Waals surface area contributed by atoms with E-state index in [2.05, 4.69) is 5.32 Å². The van der Waals surface area contributed by atoms with Crippen LogP contribution in [0.5, 0.6) is 0 Å². The summed E-state index contributed by atoms with van der Waals surface area (Å²) in [4.78, 5) is 37.8. The van der Waals surface area contributed by atoms with Gasteiger partial charge in [0.05, 0.1) is 8.78 Å². The Bertz CT molecular complexity index is 792. The molecule has 8 heteroatoms. The first-order valence-corrected chi connectivity index (χ1v) is 10.0. The van der Waals surface area contributed by atoms with Crippen molar-refractivity contribution in [1.29, 1.82) is 0 Å². The van der Waals surface area contributed by atoms with Crippen LogP contribution in [0.4, 0.5) is 0 Å². The number of amides is 1. The quantitative estimate of drug-likeness (QED) is 0.382. The lowest BCUT2D eigenvalue weighted by Gasteiger charge is -2.29. The van der Waals surface area contributed by atoms with E-state index in [1.165, 1.54) is 11.0 Å². The Hall–Kier alpha value is -2.45. The van der Waals surface area contributed by atoms with Crippen LogP contribution in [-0.2, 0) is 20.8 Å². The van der Waals surface area contributed by atoms with Crippen LogP contribution < -0.4 is 11.1 Å². The lowest BCUT2D eigenvalue weighted by Crippen LogP contribution is -2.54. The second-order valence-electron chi connectivity index (χ2n) is 7.28. The van der Waals surface area contributed by atoms with Crippen molar-refractivity contribution in [2.24, 2.45) is 5.73 Å². The Morgan fingerprint density at radius 1 is 1.24 bits per heavy atom. The summed E-state index contributed by atoms with van der Waals surface area (Å²) in [5, 5.41) is 22.0. The van der Waals surface area contributed by atoms with Gasteiger partial charge in [-0.15, -0.1) is 0 Å². The largest absolute Gasteiger partial charge is 0.480 e. The number of aryl methyl sites for hydroxylation is 1. The van der Waals surface area contributed by atoms with Gasteiger partial charge in [0.2, 0.25) is 5.91 Å². The van der Waals surface area contributed by atoms with Crippen LogP contribution in [0.1, 0.15) is 46.8 Å².